The van der Waals surface area contributed by atoms with Crippen LogP contribution in [-0.4, -0.2) is 48.4 Å². The van der Waals surface area contributed by atoms with Crippen molar-refractivity contribution in [2.24, 2.45) is 0 Å². The molecule has 1 aliphatic heterocycles. The Bertz CT molecular complexity index is 774. The lowest BCUT2D eigenvalue weighted by molar-refractivity contribution is -0.140. The summed E-state index contributed by atoms with van der Waals surface area (Å²) in [6.07, 6.45) is 1.80. The van der Waals surface area contributed by atoms with Crippen LogP contribution in [0.15, 0.2) is 54.6 Å². The van der Waals surface area contributed by atoms with Crippen molar-refractivity contribution in [2.75, 3.05) is 20.7 Å². The number of methoxy groups -OCH3 is 1. The van der Waals surface area contributed by atoms with Gasteiger partial charge in [0.1, 0.15) is 11.8 Å². The van der Waals surface area contributed by atoms with E-state index in [1.807, 2.05) is 61.6 Å². The van der Waals surface area contributed by atoms with E-state index in [2.05, 4.69) is 0 Å². The fraction of sp³-hybridized carbons (Fsp3) is 0.364. The van der Waals surface area contributed by atoms with Crippen molar-refractivity contribution in [2.45, 2.75) is 31.8 Å². The molecule has 2 amide bonds. The highest BCUT2D eigenvalue weighted by Crippen LogP contribution is 2.23. The molecule has 1 saturated heterocycles. The van der Waals surface area contributed by atoms with E-state index in [4.69, 9.17) is 4.74 Å². The fourth-order valence-electron chi connectivity index (χ4n) is 3.42. The van der Waals surface area contributed by atoms with Gasteiger partial charge in [0.2, 0.25) is 11.8 Å². The van der Waals surface area contributed by atoms with E-state index < -0.39 is 0 Å². The summed E-state index contributed by atoms with van der Waals surface area (Å²) < 4.78 is 5.17. The first-order chi connectivity index (χ1) is 13.1. The van der Waals surface area contributed by atoms with Crippen LogP contribution in [0.5, 0.6) is 5.75 Å². The van der Waals surface area contributed by atoms with Gasteiger partial charge in [0.05, 0.1) is 7.11 Å². The number of hydrogen-bond donors (Lipinski definition) is 0. The van der Waals surface area contributed by atoms with E-state index in [-0.39, 0.29) is 17.9 Å². The molecule has 0 radical (unpaired) electrons. The van der Waals surface area contributed by atoms with E-state index in [0.717, 1.165) is 23.3 Å². The number of likely N-dealkylation sites (N-methyl/N-ethyl adjacent to an activating group) is 1. The third kappa shape index (κ3) is 4.67. The minimum atomic E-state index is -0.362. The van der Waals surface area contributed by atoms with Crippen LogP contribution in [0.25, 0.3) is 0 Å². The normalized spacial score (nSPS) is 16.4. The van der Waals surface area contributed by atoms with Crippen molar-refractivity contribution in [1.29, 1.82) is 0 Å². The van der Waals surface area contributed by atoms with Crippen LogP contribution in [-0.2, 0) is 22.6 Å². The summed E-state index contributed by atoms with van der Waals surface area (Å²) >= 11 is 0. The maximum absolute atomic E-state index is 12.9. The Hall–Kier alpha value is -2.82. The first-order valence-electron chi connectivity index (χ1n) is 9.30. The second-order valence-electron chi connectivity index (χ2n) is 6.92. The van der Waals surface area contributed by atoms with Crippen LogP contribution in [0.3, 0.4) is 0 Å². The number of hydrogen-bond acceptors (Lipinski definition) is 3. The predicted molar refractivity (Wildman–Crippen MR) is 104 cm³/mol. The molecule has 1 unspecified atom stereocenters. The monoisotopic (exact) mass is 366 g/mol. The Morgan fingerprint density at radius 3 is 2.48 bits per heavy atom. The lowest BCUT2D eigenvalue weighted by Crippen LogP contribution is -2.45. The molecule has 0 saturated carbocycles. The molecule has 1 aliphatic rings. The molecule has 1 atom stereocenters. The van der Waals surface area contributed by atoms with Gasteiger partial charge in [-0.25, -0.2) is 0 Å². The van der Waals surface area contributed by atoms with Crippen LogP contribution in [0.4, 0.5) is 0 Å². The van der Waals surface area contributed by atoms with Gasteiger partial charge in [-0.15, -0.1) is 0 Å². The van der Waals surface area contributed by atoms with E-state index in [9.17, 15) is 9.59 Å². The molecule has 2 aromatic rings. The third-order valence-corrected chi connectivity index (χ3v) is 5.08. The van der Waals surface area contributed by atoms with Crippen molar-refractivity contribution in [1.82, 2.24) is 9.80 Å². The number of rotatable bonds is 7. The van der Waals surface area contributed by atoms with Gasteiger partial charge in [-0.05, 0) is 36.1 Å². The largest absolute Gasteiger partial charge is 0.497 e. The van der Waals surface area contributed by atoms with E-state index in [1.165, 1.54) is 0 Å². The Morgan fingerprint density at radius 1 is 1.11 bits per heavy atom. The number of carbonyl (C=O) groups is 2. The van der Waals surface area contributed by atoms with Gasteiger partial charge in [0.25, 0.3) is 0 Å². The lowest BCUT2D eigenvalue weighted by Gasteiger charge is -2.28. The third-order valence-electron chi connectivity index (χ3n) is 5.08. The van der Waals surface area contributed by atoms with E-state index in [0.29, 0.717) is 25.9 Å². The minimum absolute atomic E-state index is 0.0188. The van der Waals surface area contributed by atoms with E-state index >= 15 is 0 Å². The summed E-state index contributed by atoms with van der Waals surface area (Å²) in [7, 11) is 3.46. The lowest BCUT2D eigenvalue weighted by atomic mass is 10.1. The molecule has 0 aliphatic carbocycles. The van der Waals surface area contributed by atoms with Crippen LogP contribution in [0, 0.1) is 0 Å². The Kier molecular flexibility index (Phi) is 6.12. The highest BCUT2D eigenvalue weighted by atomic mass is 16.5. The SMILES string of the molecule is COc1ccc(CCN(C)C(=O)C2CCC(=O)N2Cc2ccccc2)cc1. The Morgan fingerprint density at radius 2 is 1.81 bits per heavy atom. The standard InChI is InChI=1S/C22H26N2O3/c1-23(15-14-17-8-10-19(27-2)11-9-17)22(26)20-12-13-21(25)24(20)16-18-6-4-3-5-7-18/h3-11,20H,12-16H2,1-2H3. The molecule has 2 aromatic carbocycles. The average molecular weight is 366 g/mol. The molecule has 0 aromatic heterocycles. The molecule has 1 heterocycles. The highest BCUT2D eigenvalue weighted by Gasteiger charge is 2.37. The highest BCUT2D eigenvalue weighted by molar-refractivity contribution is 5.90. The average Bonchev–Trinajstić information content (AvgIpc) is 3.07. The van der Waals surface area contributed by atoms with Gasteiger partial charge in [-0.2, -0.15) is 0 Å². The fourth-order valence-corrected chi connectivity index (χ4v) is 3.42. The van der Waals surface area contributed by atoms with Gasteiger partial charge in [0.15, 0.2) is 0 Å². The van der Waals surface area contributed by atoms with Crippen molar-refractivity contribution in [3.05, 3.63) is 65.7 Å². The summed E-state index contributed by atoms with van der Waals surface area (Å²) in [5, 5.41) is 0. The van der Waals surface area contributed by atoms with Gasteiger partial charge < -0.3 is 14.5 Å². The second-order valence-corrected chi connectivity index (χ2v) is 6.92. The van der Waals surface area contributed by atoms with Crippen LogP contribution in [0.1, 0.15) is 24.0 Å². The smallest absolute Gasteiger partial charge is 0.245 e. The topological polar surface area (TPSA) is 49.9 Å². The Balaban J connectivity index is 1.59. The molecular formula is C22H26N2O3. The van der Waals surface area contributed by atoms with E-state index in [1.54, 1.807) is 16.9 Å². The first kappa shape index (κ1) is 19.0. The van der Waals surface area contributed by atoms with Gasteiger partial charge in [-0.1, -0.05) is 42.5 Å². The molecular weight excluding hydrogens is 340 g/mol. The molecule has 3 rings (SSSR count). The number of likely N-dealkylation sites (tertiary alicyclic amines) is 1. The number of nitrogens with zero attached hydrogens (tertiary/aromatic N) is 2. The van der Waals surface area contributed by atoms with Crippen molar-refractivity contribution in [3.8, 4) is 5.75 Å². The zero-order chi connectivity index (χ0) is 19.2. The number of amides is 2. The molecule has 5 heteroatoms. The zero-order valence-corrected chi connectivity index (χ0v) is 15.9. The predicted octanol–water partition coefficient (Wildman–Crippen LogP) is 2.89. The molecule has 0 spiro atoms. The molecule has 1 fully saturated rings. The van der Waals surface area contributed by atoms with Crippen molar-refractivity contribution in [3.63, 3.8) is 0 Å². The van der Waals surface area contributed by atoms with Crippen LogP contribution in [0.2, 0.25) is 0 Å². The number of carbonyl (C=O) groups excluding carboxylic acids is 2. The van der Waals surface area contributed by atoms with Crippen LogP contribution >= 0.6 is 0 Å². The number of ether oxygens (including phenoxy) is 1. The minimum Gasteiger partial charge on any atom is -0.497 e. The van der Waals surface area contributed by atoms with Crippen molar-refractivity contribution < 1.29 is 14.3 Å². The summed E-state index contributed by atoms with van der Waals surface area (Å²) in [6, 6.07) is 17.3. The maximum atomic E-state index is 12.9. The van der Waals surface area contributed by atoms with Crippen LogP contribution < -0.4 is 4.74 Å². The summed E-state index contributed by atoms with van der Waals surface area (Å²) in [5.74, 6) is 0.898. The van der Waals surface area contributed by atoms with Gasteiger partial charge in [-0.3, -0.25) is 9.59 Å². The summed E-state index contributed by atoms with van der Waals surface area (Å²) in [5.41, 5.74) is 2.20. The van der Waals surface area contributed by atoms with Crippen molar-refractivity contribution >= 4 is 11.8 Å². The molecule has 27 heavy (non-hydrogen) atoms. The molecule has 0 bridgehead atoms. The summed E-state index contributed by atoms with van der Waals surface area (Å²) in [4.78, 5) is 28.7. The van der Waals surface area contributed by atoms with Gasteiger partial charge in [0, 0.05) is 26.6 Å². The Labute approximate surface area is 160 Å². The molecule has 0 N–H and O–H groups in total. The summed E-state index contributed by atoms with van der Waals surface area (Å²) in [6.45, 7) is 1.11. The second kappa shape index (κ2) is 8.71. The number of benzene rings is 2. The quantitative estimate of drug-likeness (QED) is 0.757. The molecule has 5 nitrogen and oxygen atoms in total. The first-order valence-corrected chi connectivity index (χ1v) is 9.30. The zero-order valence-electron chi connectivity index (χ0n) is 15.9. The van der Waals surface area contributed by atoms with Gasteiger partial charge >= 0.3 is 0 Å². The molecule has 142 valence electrons. The maximum Gasteiger partial charge on any atom is 0.245 e.